The average molecular weight is 287 g/mol. The smallest absolute Gasteiger partial charge is 0.227 e. The highest BCUT2D eigenvalue weighted by atomic mass is 32.1. The van der Waals surface area contributed by atoms with Crippen LogP contribution < -0.4 is 10.6 Å². The Hall–Kier alpha value is -1.88. The van der Waals surface area contributed by atoms with Crippen LogP contribution in [0.15, 0.2) is 29.1 Å². The first-order valence-electron chi connectivity index (χ1n) is 6.80. The van der Waals surface area contributed by atoms with Crippen molar-refractivity contribution in [3.63, 3.8) is 0 Å². The van der Waals surface area contributed by atoms with Crippen molar-refractivity contribution in [2.24, 2.45) is 0 Å². The number of aryl methyl sites for hydroxylation is 1. The molecule has 3 rings (SSSR count). The average Bonchev–Trinajstić information content (AvgIpc) is 2.98. The van der Waals surface area contributed by atoms with Crippen molar-refractivity contribution in [1.82, 2.24) is 4.98 Å². The van der Waals surface area contributed by atoms with Crippen molar-refractivity contribution in [1.29, 1.82) is 0 Å². The highest BCUT2D eigenvalue weighted by Crippen LogP contribution is 2.31. The molecule has 0 unspecified atom stereocenters. The Labute approximate surface area is 122 Å². The minimum atomic E-state index is 0.157. The zero-order valence-electron chi connectivity index (χ0n) is 11.2. The molecule has 1 aromatic carbocycles. The van der Waals surface area contributed by atoms with Crippen molar-refractivity contribution in [2.75, 3.05) is 17.2 Å². The van der Waals surface area contributed by atoms with E-state index < -0.39 is 0 Å². The van der Waals surface area contributed by atoms with Gasteiger partial charge in [-0.2, -0.15) is 0 Å². The summed E-state index contributed by atoms with van der Waals surface area (Å²) in [4.78, 5) is 18.5. The van der Waals surface area contributed by atoms with Crippen LogP contribution >= 0.6 is 11.3 Å². The SMILES string of the molecule is Nc1cccc2c1CCCN2C(=O)CCc1cscn1. The van der Waals surface area contributed by atoms with E-state index in [1.165, 1.54) is 0 Å². The zero-order valence-corrected chi connectivity index (χ0v) is 12.0. The molecule has 20 heavy (non-hydrogen) atoms. The number of amides is 1. The summed E-state index contributed by atoms with van der Waals surface area (Å²) in [5.74, 6) is 0.157. The molecule has 0 radical (unpaired) electrons. The summed E-state index contributed by atoms with van der Waals surface area (Å²) in [6.45, 7) is 0.784. The number of benzene rings is 1. The van der Waals surface area contributed by atoms with Gasteiger partial charge in [-0.25, -0.2) is 4.98 Å². The predicted molar refractivity (Wildman–Crippen MR) is 82.0 cm³/mol. The Morgan fingerprint density at radius 2 is 2.35 bits per heavy atom. The van der Waals surface area contributed by atoms with E-state index in [1.54, 1.807) is 16.8 Å². The molecule has 5 heteroatoms. The van der Waals surface area contributed by atoms with Gasteiger partial charge in [-0.05, 0) is 37.0 Å². The lowest BCUT2D eigenvalue weighted by Crippen LogP contribution is -2.35. The summed E-state index contributed by atoms with van der Waals surface area (Å²) in [5.41, 5.74) is 11.7. The zero-order chi connectivity index (χ0) is 13.9. The van der Waals surface area contributed by atoms with Crippen LogP contribution in [0.4, 0.5) is 11.4 Å². The fourth-order valence-corrected chi connectivity index (χ4v) is 3.23. The first-order valence-corrected chi connectivity index (χ1v) is 7.75. The van der Waals surface area contributed by atoms with E-state index in [1.807, 2.05) is 28.5 Å². The number of hydrogen-bond acceptors (Lipinski definition) is 4. The van der Waals surface area contributed by atoms with Gasteiger partial charge in [0.15, 0.2) is 0 Å². The van der Waals surface area contributed by atoms with E-state index in [-0.39, 0.29) is 5.91 Å². The summed E-state index contributed by atoms with van der Waals surface area (Å²) < 4.78 is 0. The summed E-state index contributed by atoms with van der Waals surface area (Å²) >= 11 is 1.56. The molecular formula is C15H17N3OS. The van der Waals surface area contributed by atoms with Crippen LogP contribution in [0.3, 0.4) is 0 Å². The first kappa shape index (κ1) is 13.1. The number of rotatable bonds is 3. The molecule has 2 heterocycles. The van der Waals surface area contributed by atoms with Crippen LogP contribution in [-0.2, 0) is 17.6 Å². The molecule has 0 saturated carbocycles. The number of nitrogens with zero attached hydrogens (tertiary/aromatic N) is 2. The largest absolute Gasteiger partial charge is 0.398 e. The maximum atomic E-state index is 12.4. The highest BCUT2D eigenvalue weighted by molar-refractivity contribution is 7.07. The van der Waals surface area contributed by atoms with Gasteiger partial charge in [0.05, 0.1) is 11.2 Å². The van der Waals surface area contributed by atoms with Gasteiger partial charge >= 0.3 is 0 Å². The van der Waals surface area contributed by atoms with Crippen LogP contribution in [0.1, 0.15) is 24.1 Å². The summed E-state index contributed by atoms with van der Waals surface area (Å²) in [5, 5.41) is 2.00. The van der Waals surface area contributed by atoms with Crippen LogP contribution in [0.2, 0.25) is 0 Å². The molecule has 0 fully saturated rings. The van der Waals surface area contributed by atoms with Gasteiger partial charge in [0.2, 0.25) is 5.91 Å². The maximum absolute atomic E-state index is 12.4. The second kappa shape index (κ2) is 5.63. The van der Waals surface area contributed by atoms with Gasteiger partial charge in [0, 0.05) is 29.7 Å². The molecule has 2 aromatic rings. The molecule has 1 aliphatic rings. The Balaban J connectivity index is 1.75. The quantitative estimate of drug-likeness (QED) is 0.883. The van der Waals surface area contributed by atoms with E-state index in [2.05, 4.69) is 4.98 Å². The van der Waals surface area contributed by atoms with Crippen LogP contribution in [0.25, 0.3) is 0 Å². The summed E-state index contributed by atoms with van der Waals surface area (Å²) in [6.07, 6.45) is 3.13. The van der Waals surface area contributed by atoms with Crippen molar-refractivity contribution < 1.29 is 4.79 Å². The minimum absolute atomic E-state index is 0.157. The predicted octanol–water partition coefficient (Wildman–Crippen LogP) is 2.64. The number of carbonyl (C=O) groups is 1. The van der Waals surface area contributed by atoms with Gasteiger partial charge in [-0.1, -0.05) is 6.07 Å². The Bertz CT molecular complexity index is 610. The van der Waals surface area contributed by atoms with E-state index >= 15 is 0 Å². The number of hydrogen-bond donors (Lipinski definition) is 1. The number of nitrogen functional groups attached to an aromatic ring is 1. The van der Waals surface area contributed by atoms with Crippen LogP contribution in [0.5, 0.6) is 0 Å². The maximum Gasteiger partial charge on any atom is 0.227 e. The number of anilines is 2. The van der Waals surface area contributed by atoms with Gasteiger partial charge in [-0.15, -0.1) is 11.3 Å². The van der Waals surface area contributed by atoms with Crippen molar-refractivity contribution >= 4 is 28.6 Å². The normalized spacial score (nSPS) is 14.1. The molecule has 1 aliphatic heterocycles. The molecular weight excluding hydrogens is 270 g/mol. The molecule has 1 aromatic heterocycles. The molecule has 1 amide bonds. The number of nitrogens with two attached hydrogens (primary N) is 1. The molecule has 0 saturated heterocycles. The molecule has 104 valence electrons. The Morgan fingerprint density at radius 3 is 3.15 bits per heavy atom. The molecule has 0 bridgehead atoms. The van der Waals surface area contributed by atoms with Gasteiger partial charge in [-0.3, -0.25) is 4.79 Å². The van der Waals surface area contributed by atoms with Crippen molar-refractivity contribution in [3.8, 4) is 0 Å². The Kier molecular flexibility index (Phi) is 3.69. The third-order valence-corrected chi connectivity index (χ3v) is 4.30. The van der Waals surface area contributed by atoms with Gasteiger partial charge in [0.25, 0.3) is 0 Å². The molecule has 2 N–H and O–H groups in total. The van der Waals surface area contributed by atoms with E-state index in [4.69, 9.17) is 5.73 Å². The second-order valence-electron chi connectivity index (χ2n) is 4.97. The number of carbonyl (C=O) groups excluding carboxylic acids is 1. The topological polar surface area (TPSA) is 59.2 Å². The first-order chi connectivity index (χ1) is 9.75. The van der Waals surface area contributed by atoms with Crippen LogP contribution in [0, 0.1) is 0 Å². The number of fused-ring (bicyclic) bond motifs is 1. The van der Waals surface area contributed by atoms with E-state index in [0.29, 0.717) is 12.8 Å². The molecule has 0 atom stereocenters. The van der Waals surface area contributed by atoms with Gasteiger partial charge < -0.3 is 10.6 Å². The van der Waals surface area contributed by atoms with Crippen LogP contribution in [-0.4, -0.2) is 17.4 Å². The fraction of sp³-hybridized carbons (Fsp3) is 0.333. The highest BCUT2D eigenvalue weighted by Gasteiger charge is 2.23. The number of thiazole rings is 1. The van der Waals surface area contributed by atoms with Crippen molar-refractivity contribution in [3.05, 3.63) is 40.3 Å². The lowest BCUT2D eigenvalue weighted by Gasteiger charge is -2.30. The lowest BCUT2D eigenvalue weighted by atomic mass is 9.99. The Morgan fingerprint density at radius 1 is 1.45 bits per heavy atom. The van der Waals surface area contributed by atoms with E-state index in [9.17, 15) is 4.79 Å². The summed E-state index contributed by atoms with van der Waals surface area (Å²) in [7, 11) is 0. The van der Waals surface area contributed by atoms with Crippen molar-refractivity contribution in [2.45, 2.75) is 25.7 Å². The monoisotopic (exact) mass is 287 g/mol. The number of aromatic nitrogens is 1. The summed E-state index contributed by atoms with van der Waals surface area (Å²) in [6, 6.07) is 5.81. The second-order valence-corrected chi connectivity index (χ2v) is 5.69. The lowest BCUT2D eigenvalue weighted by molar-refractivity contribution is -0.118. The molecule has 0 spiro atoms. The minimum Gasteiger partial charge on any atom is -0.398 e. The van der Waals surface area contributed by atoms with E-state index in [0.717, 1.165) is 42.0 Å². The molecule has 0 aliphatic carbocycles. The standard InChI is InChI=1S/C15H17N3OS/c16-13-4-1-5-14-12(13)3-2-8-18(14)15(19)7-6-11-9-20-10-17-11/h1,4-5,9-10H,2-3,6-8,16H2. The molecule has 4 nitrogen and oxygen atoms in total. The third kappa shape index (κ3) is 2.54. The van der Waals surface area contributed by atoms with Gasteiger partial charge in [0.1, 0.15) is 0 Å². The third-order valence-electron chi connectivity index (χ3n) is 3.67. The fourth-order valence-electron chi connectivity index (χ4n) is 2.64.